The third kappa shape index (κ3) is 3.84. The van der Waals surface area contributed by atoms with E-state index in [1.54, 1.807) is 0 Å². The summed E-state index contributed by atoms with van der Waals surface area (Å²) in [7, 11) is 2.03. The van der Waals surface area contributed by atoms with Gasteiger partial charge in [-0.15, -0.1) is 0 Å². The summed E-state index contributed by atoms with van der Waals surface area (Å²) in [5, 5.41) is 2.03. The van der Waals surface area contributed by atoms with Gasteiger partial charge in [-0.3, -0.25) is 10.4 Å². The molecule has 138 valence electrons. The van der Waals surface area contributed by atoms with Crippen molar-refractivity contribution in [3.05, 3.63) is 115 Å². The van der Waals surface area contributed by atoms with E-state index in [9.17, 15) is 0 Å². The van der Waals surface area contributed by atoms with Gasteiger partial charge in [0.2, 0.25) is 0 Å². The minimum absolute atomic E-state index is 1.03. The highest BCUT2D eigenvalue weighted by Crippen LogP contribution is 2.38. The van der Waals surface area contributed by atoms with E-state index in [0.29, 0.717) is 0 Å². The van der Waals surface area contributed by atoms with Crippen molar-refractivity contribution in [1.82, 2.24) is 0 Å². The maximum atomic E-state index is 3.54. The largest absolute Gasteiger partial charge is 0.308 e. The molecule has 0 saturated heterocycles. The Hall–Kier alpha value is -3.72. The fraction of sp³-hybridized carbons (Fsp3) is 0.0400. The van der Waals surface area contributed by atoms with Gasteiger partial charge >= 0.3 is 0 Å². The molecule has 0 aliphatic carbocycles. The minimum Gasteiger partial charge on any atom is -0.308 e. The van der Waals surface area contributed by atoms with Crippen LogP contribution >= 0.6 is 0 Å². The topological polar surface area (TPSA) is 18.5 Å². The number of nitrogens with zero attached hydrogens (tertiary/aromatic N) is 2. The van der Waals surface area contributed by atoms with Gasteiger partial charge < -0.3 is 4.90 Å². The lowest BCUT2D eigenvalue weighted by atomic mass is 10.1. The van der Waals surface area contributed by atoms with Crippen LogP contribution in [0.1, 0.15) is 0 Å². The molecule has 0 spiro atoms. The van der Waals surface area contributed by atoms with Gasteiger partial charge in [-0.05, 0) is 48.5 Å². The molecule has 0 atom stereocenters. The van der Waals surface area contributed by atoms with E-state index in [1.807, 2.05) is 42.4 Å². The van der Waals surface area contributed by atoms with Crippen molar-refractivity contribution in [2.75, 3.05) is 22.4 Å². The summed E-state index contributed by atoms with van der Waals surface area (Å²) in [6.07, 6.45) is 0. The van der Waals surface area contributed by atoms with Gasteiger partial charge in [-0.2, -0.15) is 0 Å². The van der Waals surface area contributed by atoms with Crippen LogP contribution in [0.5, 0.6) is 0 Å². The van der Waals surface area contributed by atoms with Crippen LogP contribution in [-0.2, 0) is 0 Å². The molecule has 0 aromatic heterocycles. The molecule has 4 aromatic rings. The van der Waals surface area contributed by atoms with Crippen molar-refractivity contribution < 1.29 is 0 Å². The Bertz CT molecular complexity index is 962. The van der Waals surface area contributed by atoms with E-state index in [4.69, 9.17) is 0 Å². The Kier molecular flexibility index (Phi) is 5.25. The van der Waals surface area contributed by atoms with Crippen molar-refractivity contribution >= 4 is 28.4 Å². The SMILES string of the molecule is CN(Nc1ccccc1N(c1ccccc1)c1ccccc1)c1ccccc1. The van der Waals surface area contributed by atoms with Crippen LogP contribution in [0.25, 0.3) is 0 Å². The predicted molar refractivity (Wildman–Crippen MR) is 120 cm³/mol. The summed E-state index contributed by atoms with van der Waals surface area (Å²) in [5.74, 6) is 0. The van der Waals surface area contributed by atoms with E-state index in [1.165, 1.54) is 0 Å². The first-order valence-electron chi connectivity index (χ1n) is 9.37. The van der Waals surface area contributed by atoms with Crippen molar-refractivity contribution in [3.63, 3.8) is 0 Å². The molecular weight excluding hydrogens is 342 g/mol. The summed E-state index contributed by atoms with van der Waals surface area (Å²) < 4.78 is 0. The van der Waals surface area contributed by atoms with Gasteiger partial charge in [0.05, 0.1) is 17.1 Å². The van der Waals surface area contributed by atoms with Crippen LogP contribution in [0, 0.1) is 0 Å². The quantitative estimate of drug-likeness (QED) is 0.387. The highest BCUT2D eigenvalue weighted by Gasteiger charge is 2.16. The van der Waals surface area contributed by atoms with Crippen LogP contribution in [0.2, 0.25) is 0 Å². The second-order valence-electron chi connectivity index (χ2n) is 6.53. The molecule has 0 aliphatic heterocycles. The maximum Gasteiger partial charge on any atom is 0.0782 e. The number of hydrogen-bond donors (Lipinski definition) is 1. The Labute approximate surface area is 166 Å². The summed E-state index contributed by atoms with van der Waals surface area (Å²) in [5.41, 5.74) is 8.99. The van der Waals surface area contributed by atoms with Crippen LogP contribution in [0.3, 0.4) is 0 Å². The van der Waals surface area contributed by atoms with Crippen molar-refractivity contribution in [2.24, 2.45) is 0 Å². The standard InChI is InChI=1S/C25H23N3/c1-27(21-13-5-2-6-14-21)26-24-19-11-12-20-25(24)28(22-15-7-3-8-16-22)23-17-9-4-10-18-23/h2-20,26H,1H3. The van der Waals surface area contributed by atoms with Crippen LogP contribution < -0.4 is 15.3 Å². The van der Waals surface area contributed by atoms with Crippen molar-refractivity contribution in [3.8, 4) is 0 Å². The Balaban J connectivity index is 1.76. The average molecular weight is 365 g/mol. The molecule has 0 saturated carbocycles. The lowest BCUT2D eigenvalue weighted by Crippen LogP contribution is -2.25. The van der Waals surface area contributed by atoms with Gasteiger partial charge in [-0.25, -0.2) is 0 Å². The molecule has 0 bridgehead atoms. The molecule has 0 unspecified atom stereocenters. The summed E-state index contributed by atoms with van der Waals surface area (Å²) in [4.78, 5) is 2.27. The Morgan fingerprint density at radius 1 is 0.500 bits per heavy atom. The van der Waals surface area contributed by atoms with Gasteiger partial charge in [0.15, 0.2) is 0 Å². The van der Waals surface area contributed by atoms with E-state index in [2.05, 4.69) is 95.3 Å². The summed E-state index contributed by atoms with van der Waals surface area (Å²) >= 11 is 0. The highest BCUT2D eigenvalue weighted by molar-refractivity contribution is 5.85. The molecule has 0 aliphatic rings. The molecule has 4 aromatic carbocycles. The van der Waals surface area contributed by atoms with Gasteiger partial charge in [0.1, 0.15) is 0 Å². The molecule has 1 N–H and O–H groups in total. The first kappa shape index (κ1) is 17.7. The van der Waals surface area contributed by atoms with E-state index < -0.39 is 0 Å². The first-order chi connectivity index (χ1) is 13.8. The fourth-order valence-electron chi connectivity index (χ4n) is 3.24. The number of para-hydroxylation sites is 5. The average Bonchev–Trinajstić information content (AvgIpc) is 2.77. The fourth-order valence-corrected chi connectivity index (χ4v) is 3.24. The third-order valence-electron chi connectivity index (χ3n) is 4.61. The summed E-state index contributed by atoms with van der Waals surface area (Å²) in [6, 6.07) is 39.5. The normalized spacial score (nSPS) is 10.3. The molecule has 0 amide bonds. The third-order valence-corrected chi connectivity index (χ3v) is 4.61. The predicted octanol–water partition coefficient (Wildman–Crippen LogP) is 6.62. The van der Waals surface area contributed by atoms with Crippen LogP contribution in [0.15, 0.2) is 115 Å². The molecule has 3 heteroatoms. The lowest BCUT2D eigenvalue weighted by molar-refractivity contribution is 1.09. The smallest absolute Gasteiger partial charge is 0.0782 e. The molecule has 0 radical (unpaired) electrons. The number of hydrazine groups is 1. The monoisotopic (exact) mass is 365 g/mol. The summed E-state index contributed by atoms with van der Waals surface area (Å²) in [6.45, 7) is 0. The zero-order valence-corrected chi connectivity index (χ0v) is 15.9. The molecular formula is C25H23N3. The zero-order valence-electron chi connectivity index (χ0n) is 15.9. The minimum atomic E-state index is 1.03. The van der Waals surface area contributed by atoms with E-state index >= 15 is 0 Å². The molecule has 4 rings (SSSR count). The number of benzene rings is 4. The van der Waals surface area contributed by atoms with Gasteiger partial charge in [0.25, 0.3) is 0 Å². The molecule has 3 nitrogen and oxygen atoms in total. The maximum absolute atomic E-state index is 3.54. The van der Waals surface area contributed by atoms with Gasteiger partial charge in [0, 0.05) is 18.4 Å². The number of hydrogen-bond acceptors (Lipinski definition) is 3. The van der Waals surface area contributed by atoms with Crippen LogP contribution in [0.4, 0.5) is 28.4 Å². The van der Waals surface area contributed by atoms with E-state index in [-0.39, 0.29) is 0 Å². The molecule has 0 heterocycles. The Morgan fingerprint density at radius 3 is 1.46 bits per heavy atom. The van der Waals surface area contributed by atoms with E-state index in [0.717, 1.165) is 28.4 Å². The van der Waals surface area contributed by atoms with Crippen molar-refractivity contribution in [2.45, 2.75) is 0 Å². The number of rotatable bonds is 6. The first-order valence-corrected chi connectivity index (χ1v) is 9.37. The van der Waals surface area contributed by atoms with Crippen molar-refractivity contribution in [1.29, 1.82) is 0 Å². The second kappa shape index (κ2) is 8.31. The molecule has 0 fully saturated rings. The molecule has 28 heavy (non-hydrogen) atoms. The highest BCUT2D eigenvalue weighted by atomic mass is 15.5. The Morgan fingerprint density at radius 2 is 0.929 bits per heavy atom. The number of nitrogens with one attached hydrogen (secondary N) is 1. The second-order valence-corrected chi connectivity index (χ2v) is 6.53. The van der Waals surface area contributed by atoms with Crippen LogP contribution in [-0.4, -0.2) is 7.05 Å². The number of anilines is 5. The lowest BCUT2D eigenvalue weighted by Gasteiger charge is -2.30. The van der Waals surface area contributed by atoms with Gasteiger partial charge in [-0.1, -0.05) is 66.7 Å². The zero-order chi connectivity index (χ0) is 19.2.